The fourth-order valence-corrected chi connectivity index (χ4v) is 5.63. The molecule has 0 radical (unpaired) electrons. The van der Waals surface area contributed by atoms with E-state index in [4.69, 9.17) is 0 Å². The van der Waals surface area contributed by atoms with Crippen molar-refractivity contribution in [2.45, 2.75) is 44.7 Å². The van der Waals surface area contributed by atoms with Crippen LogP contribution in [-0.2, 0) is 29.4 Å². The number of hydrogen-bond donors (Lipinski definition) is 2. The minimum Gasteiger partial charge on any atom is -0.505 e. The Morgan fingerprint density at radius 3 is 2.56 bits per heavy atom. The fraction of sp³-hybridized carbons (Fsp3) is 0.385. The number of sulfonamides is 1. The van der Waals surface area contributed by atoms with E-state index < -0.39 is 21.7 Å². The monoisotopic (exact) mass is 516 g/mol. The van der Waals surface area contributed by atoms with E-state index in [1.807, 2.05) is 6.07 Å². The van der Waals surface area contributed by atoms with Crippen LogP contribution in [0.3, 0.4) is 0 Å². The third-order valence-electron chi connectivity index (χ3n) is 6.35. The van der Waals surface area contributed by atoms with Gasteiger partial charge in [0.05, 0.1) is 12.5 Å². The van der Waals surface area contributed by atoms with Gasteiger partial charge in [-0.25, -0.2) is 27.2 Å². The third-order valence-corrected chi connectivity index (χ3v) is 7.63. The van der Waals surface area contributed by atoms with Gasteiger partial charge < -0.3 is 10.4 Å². The van der Waals surface area contributed by atoms with E-state index >= 15 is 0 Å². The van der Waals surface area contributed by atoms with Gasteiger partial charge in [-0.3, -0.25) is 0 Å². The third kappa shape index (κ3) is 6.63. The summed E-state index contributed by atoms with van der Waals surface area (Å²) in [6.07, 6.45) is 5.49. The Balaban J connectivity index is 1.49. The van der Waals surface area contributed by atoms with Crippen LogP contribution in [0.25, 0.3) is 11.3 Å². The van der Waals surface area contributed by atoms with Crippen molar-refractivity contribution in [2.75, 3.05) is 19.3 Å². The van der Waals surface area contributed by atoms with Gasteiger partial charge in [0.15, 0.2) is 17.4 Å². The van der Waals surface area contributed by atoms with Gasteiger partial charge in [-0.2, -0.15) is 4.31 Å². The number of nitrogens with zero attached hydrogens (tertiary/aromatic N) is 3. The molecule has 0 saturated carbocycles. The maximum absolute atomic E-state index is 14.7. The number of aromatic hydroxyl groups is 1. The average molecular weight is 517 g/mol. The molecule has 4 rings (SSSR count). The molecule has 36 heavy (non-hydrogen) atoms. The number of benzene rings is 2. The van der Waals surface area contributed by atoms with Gasteiger partial charge in [0, 0.05) is 24.6 Å². The average Bonchev–Trinajstić information content (AvgIpc) is 2.86. The molecule has 0 spiro atoms. The van der Waals surface area contributed by atoms with E-state index in [1.165, 1.54) is 22.7 Å². The van der Waals surface area contributed by atoms with E-state index in [0.717, 1.165) is 43.3 Å². The molecule has 3 aromatic rings. The van der Waals surface area contributed by atoms with E-state index in [1.54, 1.807) is 24.3 Å². The number of aromatic nitrogens is 2. The number of rotatable bonds is 9. The van der Waals surface area contributed by atoms with Crippen LogP contribution in [0, 0.1) is 11.6 Å². The zero-order chi connectivity index (χ0) is 25.7. The Labute approximate surface area is 210 Å². The minimum absolute atomic E-state index is 0.0747. The Bertz CT molecular complexity index is 1310. The summed E-state index contributed by atoms with van der Waals surface area (Å²) >= 11 is 0. The second-order valence-corrected chi connectivity index (χ2v) is 11.0. The van der Waals surface area contributed by atoms with Gasteiger partial charge in [-0.1, -0.05) is 24.3 Å². The quantitative estimate of drug-likeness (QED) is 0.449. The number of phenols is 1. The van der Waals surface area contributed by atoms with Crippen molar-refractivity contribution in [2.24, 2.45) is 0 Å². The van der Waals surface area contributed by atoms with Gasteiger partial charge in [0.2, 0.25) is 10.0 Å². The molecule has 0 bridgehead atoms. The van der Waals surface area contributed by atoms with Crippen LogP contribution in [-0.4, -0.2) is 53.2 Å². The second kappa shape index (κ2) is 11.4. The van der Waals surface area contributed by atoms with Gasteiger partial charge in [-0.15, -0.1) is 0 Å². The highest BCUT2D eigenvalue weighted by atomic mass is 32.2. The van der Waals surface area contributed by atoms with Crippen LogP contribution in [0.15, 0.2) is 48.7 Å². The number of halogens is 2. The Morgan fingerprint density at radius 2 is 1.83 bits per heavy atom. The van der Waals surface area contributed by atoms with Gasteiger partial charge in [0.25, 0.3) is 0 Å². The van der Waals surface area contributed by atoms with Crippen molar-refractivity contribution < 1.29 is 22.3 Å². The van der Waals surface area contributed by atoms with Gasteiger partial charge >= 0.3 is 0 Å². The molecule has 7 nitrogen and oxygen atoms in total. The topological polar surface area (TPSA) is 95.4 Å². The summed E-state index contributed by atoms with van der Waals surface area (Å²) < 4.78 is 54.8. The van der Waals surface area contributed by atoms with Crippen molar-refractivity contribution in [1.82, 2.24) is 19.6 Å². The molecule has 0 unspecified atom stereocenters. The maximum atomic E-state index is 14.7. The molecule has 0 amide bonds. The normalized spacial score (nSPS) is 14.9. The molecule has 0 aliphatic carbocycles. The van der Waals surface area contributed by atoms with E-state index in [-0.39, 0.29) is 24.0 Å². The highest BCUT2D eigenvalue weighted by Gasteiger charge is 2.28. The molecule has 10 heteroatoms. The largest absolute Gasteiger partial charge is 0.505 e. The number of piperidine rings is 1. The van der Waals surface area contributed by atoms with Crippen molar-refractivity contribution in [3.05, 3.63) is 77.2 Å². The lowest BCUT2D eigenvalue weighted by Crippen LogP contribution is -2.45. The zero-order valence-corrected chi connectivity index (χ0v) is 20.9. The number of nitrogens with one attached hydrogen (secondary N) is 1. The smallest absolute Gasteiger partial charge is 0.211 e. The lowest BCUT2D eigenvalue weighted by atomic mass is 10.0. The van der Waals surface area contributed by atoms with E-state index in [9.17, 15) is 22.3 Å². The standard InChI is InChI=1S/C26H30F2N4O3S/c1-36(34,35)32(21-10-12-29-13-11-21)17-19-5-2-6-20(14-19)26-23(28)16-30-25(31-26)7-3-4-18-8-9-24(33)22(27)15-18/h2,5-6,8-9,14-16,21,29,33H,3-4,7,10-13,17H2,1H3. The number of phenolic OH excluding ortho intramolecular Hbond substituents is 1. The Morgan fingerprint density at radius 1 is 1.06 bits per heavy atom. The molecule has 1 saturated heterocycles. The highest BCUT2D eigenvalue weighted by Crippen LogP contribution is 2.25. The summed E-state index contributed by atoms with van der Waals surface area (Å²) in [7, 11) is -3.42. The van der Waals surface area contributed by atoms with Crippen molar-refractivity contribution in [3.63, 3.8) is 0 Å². The summed E-state index contributed by atoms with van der Waals surface area (Å²) in [6.45, 7) is 1.75. The first kappa shape index (κ1) is 26.1. The predicted molar refractivity (Wildman–Crippen MR) is 134 cm³/mol. The molecule has 1 aliphatic heterocycles. The lowest BCUT2D eigenvalue weighted by Gasteiger charge is -2.32. The molecule has 1 aromatic heterocycles. The van der Waals surface area contributed by atoms with Crippen LogP contribution >= 0.6 is 0 Å². The summed E-state index contributed by atoms with van der Waals surface area (Å²) in [6, 6.07) is 11.3. The maximum Gasteiger partial charge on any atom is 0.211 e. The first-order chi connectivity index (χ1) is 17.2. The molecule has 2 heterocycles. The number of hydrogen-bond acceptors (Lipinski definition) is 6. The first-order valence-electron chi connectivity index (χ1n) is 12.0. The molecule has 1 aliphatic rings. The van der Waals surface area contributed by atoms with Crippen molar-refractivity contribution in [3.8, 4) is 17.0 Å². The van der Waals surface area contributed by atoms with E-state index in [0.29, 0.717) is 30.7 Å². The molecular weight excluding hydrogens is 486 g/mol. The Kier molecular flexibility index (Phi) is 8.28. The van der Waals surface area contributed by atoms with E-state index in [2.05, 4.69) is 15.3 Å². The van der Waals surface area contributed by atoms with Crippen LogP contribution in [0.1, 0.15) is 36.2 Å². The minimum atomic E-state index is -3.42. The molecular formula is C26H30F2N4O3S. The number of aryl methyl sites for hydroxylation is 2. The van der Waals surface area contributed by atoms with Crippen molar-refractivity contribution in [1.29, 1.82) is 0 Å². The zero-order valence-electron chi connectivity index (χ0n) is 20.1. The summed E-state index contributed by atoms with van der Waals surface area (Å²) in [5.41, 5.74) is 2.20. The highest BCUT2D eigenvalue weighted by molar-refractivity contribution is 7.88. The lowest BCUT2D eigenvalue weighted by molar-refractivity contribution is 0.258. The molecule has 1 fully saturated rings. The Hall–Kier alpha value is -2.95. The second-order valence-electron chi connectivity index (χ2n) is 9.11. The van der Waals surface area contributed by atoms with Crippen LogP contribution < -0.4 is 5.32 Å². The van der Waals surface area contributed by atoms with Crippen LogP contribution in [0.4, 0.5) is 8.78 Å². The van der Waals surface area contributed by atoms with Crippen molar-refractivity contribution >= 4 is 10.0 Å². The summed E-state index contributed by atoms with van der Waals surface area (Å²) in [5.74, 6) is -1.15. The van der Waals surface area contributed by atoms with Gasteiger partial charge in [-0.05, 0) is 68.1 Å². The first-order valence-corrected chi connectivity index (χ1v) is 13.8. The fourth-order valence-electron chi connectivity index (χ4n) is 4.49. The molecule has 2 aromatic carbocycles. The molecule has 0 atom stereocenters. The summed E-state index contributed by atoms with van der Waals surface area (Å²) in [5, 5.41) is 12.6. The van der Waals surface area contributed by atoms with Crippen LogP contribution in [0.2, 0.25) is 0 Å². The summed E-state index contributed by atoms with van der Waals surface area (Å²) in [4.78, 5) is 8.52. The van der Waals surface area contributed by atoms with Gasteiger partial charge in [0.1, 0.15) is 11.5 Å². The predicted octanol–water partition coefficient (Wildman–Crippen LogP) is 3.82. The SMILES string of the molecule is CS(=O)(=O)N(Cc1cccc(-c2nc(CCCc3ccc(O)c(F)c3)ncc2F)c1)C1CCNCC1. The van der Waals surface area contributed by atoms with Crippen LogP contribution in [0.5, 0.6) is 5.75 Å². The molecule has 2 N–H and O–H groups in total. The molecule has 192 valence electrons.